The summed E-state index contributed by atoms with van der Waals surface area (Å²) >= 11 is 1.48. The van der Waals surface area contributed by atoms with E-state index in [0.29, 0.717) is 10.7 Å². The van der Waals surface area contributed by atoms with E-state index in [1.165, 1.54) is 17.4 Å². The van der Waals surface area contributed by atoms with Crippen LogP contribution in [0.5, 0.6) is 0 Å². The molecule has 0 radical (unpaired) electrons. The van der Waals surface area contributed by atoms with Gasteiger partial charge in [0.1, 0.15) is 5.01 Å². The molecule has 3 aromatic rings. The number of aromatic nitrogens is 1. The summed E-state index contributed by atoms with van der Waals surface area (Å²) in [6.07, 6.45) is 1.98. The van der Waals surface area contributed by atoms with Gasteiger partial charge in [-0.05, 0) is 50.6 Å². The Hall–Kier alpha value is -2.99. The summed E-state index contributed by atoms with van der Waals surface area (Å²) in [4.78, 5) is 28.7. The number of hydrogen-bond acceptors (Lipinski definition) is 5. The molecule has 0 unspecified atom stereocenters. The number of nitrogens with one attached hydrogen (secondary N) is 1. The number of benzene rings is 2. The first-order valence-corrected chi connectivity index (χ1v) is 9.36. The standard InChI is InChI=1S/C21H20N2O3S/c1-13-8-9-16(14(2)12-13)23-21(25)15(3)26-20(24)11-10-19-22-17-6-4-5-7-18(17)27-19/h4-12,15H,1-3H3,(H,23,25)/b11-10+/t15-/m0/s1. The lowest BCUT2D eigenvalue weighted by molar-refractivity contribution is -0.148. The molecule has 1 aromatic heterocycles. The van der Waals surface area contributed by atoms with E-state index in [4.69, 9.17) is 4.74 Å². The number of carbonyl (C=O) groups excluding carboxylic acids is 2. The Morgan fingerprint density at radius 3 is 2.70 bits per heavy atom. The summed E-state index contributed by atoms with van der Waals surface area (Å²) in [6, 6.07) is 13.5. The highest BCUT2D eigenvalue weighted by Gasteiger charge is 2.17. The molecule has 1 heterocycles. The Balaban J connectivity index is 1.58. The van der Waals surface area contributed by atoms with Crippen molar-refractivity contribution in [1.29, 1.82) is 0 Å². The van der Waals surface area contributed by atoms with Gasteiger partial charge in [0.05, 0.1) is 10.2 Å². The molecule has 0 saturated carbocycles. The monoisotopic (exact) mass is 380 g/mol. The zero-order chi connectivity index (χ0) is 19.4. The fourth-order valence-electron chi connectivity index (χ4n) is 2.56. The van der Waals surface area contributed by atoms with Crippen LogP contribution >= 0.6 is 11.3 Å². The van der Waals surface area contributed by atoms with Crippen molar-refractivity contribution in [1.82, 2.24) is 4.98 Å². The smallest absolute Gasteiger partial charge is 0.331 e. The van der Waals surface area contributed by atoms with E-state index in [0.717, 1.165) is 21.3 Å². The first kappa shape index (κ1) is 18.8. The van der Waals surface area contributed by atoms with Gasteiger partial charge in [0.25, 0.3) is 5.91 Å². The van der Waals surface area contributed by atoms with Crippen LogP contribution in [0.25, 0.3) is 16.3 Å². The number of amides is 1. The molecule has 0 bridgehead atoms. The molecule has 27 heavy (non-hydrogen) atoms. The maximum atomic E-state index is 12.3. The summed E-state index contributed by atoms with van der Waals surface area (Å²) in [5, 5.41) is 3.49. The lowest BCUT2D eigenvalue weighted by Crippen LogP contribution is -2.29. The number of esters is 1. The van der Waals surface area contributed by atoms with Gasteiger partial charge in [-0.2, -0.15) is 0 Å². The molecule has 5 nitrogen and oxygen atoms in total. The molecule has 0 aliphatic rings. The lowest BCUT2D eigenvalue weighted by atomic mass is 10.1. The average Bonchev–Trinajstić information content (AvgIpc) is 3.05. The first-order chi connectivity index (χ1) is 12.9. The number of para-hydroxylation sites is 1. The van der Waals surface area contributed by atoms with Gasteiger partial charge >= 0.3 is 5.97 Å². The van der Waals surface area contributed by atoms with Gasteiger partial charge in [-0.15, -0.1) is 11.3 Å². The van der Waals surface area contributed by atoms with E-state index in [1.807, 2.05) is 56.3 Å². The highest BCUT2D eigenvalue weighted by atomic mass is 32.1. The summed E-state index contributed by atoms with van der Waals surface area (Å²) in [5.74, 6) is -0.957. The highest BCUT2D eigenvalue weighted by molar-refractivity contribution is 7.19. The fraction of sp³-hybridized carbons (Fsp3) is 0.190. The van der Waals surface area contributed by atoms with Crippen molar-refractivity contribution < 1.29 is 14.3 Å². The molecule has 138 valence electrons. The van der Waals surface area contributed by atoms with Crippen LogP contribution in [0.3, 0.4) is 0 Å². The summed E-state index contributed by atoms with van der Waals surface area (Å²) in [7, 11) is 0. The van der Waals surface area contributed by atoms with Crippen LogP contribution in [0, 0.1) is 13.8 Å². The van der Waals surface area contributed by atoms with E-state index in [2.05, 4.69) is 10.3 Å². The molecule has 0 spiro atoms. The van der Waals surface area contributed by atoms with Gasteiger partial charge in [-0.25, -0.2) is 9.78 Å². The van der Waals surface area contributed by atoms with E-state index in [-0.39, 0.29) is 5.91 Å². The van der Waals surface area contributed by atoms with Crippen LogP contribution in [-0.2, 0) is 14.3 Å². The Labute approximate surface area is 161 Å². The number of fused-ring (bicyclic) bond motifs is 1. The lowest BCUT2D eigenvalue weighted by Gasteiger charge is -2.14. The van der Waals surface area contributed by atoms with Crippen LogP contribution in [0.2, 0.25) is 0 Å². The average molecular weight is 380 g/mol. The molecule has 3 rings (SSSR count). The van der Waals surface area contributed by atoms with Crippen LogP contribution in [0.4, 0.5) is 5.69 Å². The summed E-state index contributed by atoms with van der Waals surface area (Å²) in [5.41, 5.74) is 3.66. The van der Waals surface area contributed by atoms with E-state index < -0.39 is 12.1 Å². The number of aryl methyl sites for hydroxylation is 2. The fourth-order valence-corrected chi connectivity index (χ4v) is 3.43. The number of carbonyl (C=O) groups is 2. The van der Waals surface area contributed by atoms with Crippen LogP contribution in [-0.4, -0.2) is 23.0 Å². The molecule has 1 atom stereocenters. The third-order valence-electron chi connectivity index (χ3n) is 3.97. The number of nitrogens with zero attached hydrogens (tertiary/aromatic N) is 1. The molecule has 1 N–H and O–H groups in total. The minimum Gasteiger partial charge on any atom is -0.449 e. The Morgan fingerprint density at radius 2 is 1.96 bits per heavy atom. The van der Waals surface area contributed by atoms with E-state index in [9.17, 15) is 9.59 Å². The molecule has 6 heteroatoms. The van der Waals surface area contributed by atoms with Crippen molar-refractivity contribution in [3.63, 3.8) is 0 Å². The second-order valence-corrected chi connectivity index (χ2v) is 7.30. The Morgan fingerprint density at radius 1 is 1.19 bits per heavy atom. The SMILES string of the molecule is Cc1ccc(NC(=O)[C@H](C)OC(=O)/C=C/c2nc3ccccc3s2)c(C)c1. The zero-order valence-electron chi connectivity index (χ0n) is 15.4. The van der Waals surface area contributed by atoms with Crippen molar-refractivity contribution in [2.24, 2.45) is 0 Å². The minimum atomic E-state index is -0.904. The van der Waals surface area contributed by atoms with Gasteiger partial charge in [0.15, 0.2) is 6.10 Å². The molecule has 0 aliphatic carbocycles. The zero-order valence-corrected chi connectivity index (χ0v) is 16.2. The van der Waals surface area contributed by atoms with Gasteiger partial charge in [-0.3, -0.25) is 4.79 Å². The summed E-state index contributed by atoms with van der Waals surface area (Å²) < 4.78 is 6.23. The molecule has 1 amide bonds. The first-order valence-electron chi connectivity index (χ1n) is 8.55. The maximum Gasteiger partial charge on any atom is 0.331 e. The summed E-state index contributed by atoms with van der Waals surface area (Å²) in [6.45, 7) is 5.45. The van der Waals surface area contributed by atoms with Crippen molar-refractivity contribution >= 4 is 45.2 Å². The third-order valence-corrected chi connectivity index (χ3v) is 4.98. The highest BCUT2D eigenvalue weighted by Crippen LogP contribution is 2.22. The van der Waals surface area contributed by atoms with Crippen LogP contribution in [0.1, 0.15) is 23.1 Å². The van der Waals surface area contributed by atoms with Gasteiger partial charge < -0.3 is 10.1 Å². The van der Waals surface area contributed by atoms with Crippen molar-refractivity contribution in [3.8, 4) is 0 Å². The van der Waals surface area contributed by atoms with E-state index in [1.54, 1.807) is 13.0 Å². The predicted molar refractivity (Wildman–Crippen MR) is 109 cm³/mol. The van der Waals surface area contributed by atoms with Crippen molar-refractivity contribution in [3.05, 3.63) is 64.7 Å². The second-order valence-electron chi connectivity index (χ2n) is 6.24. The number of rotatable bonds is 5. The Kier molecular flexibility index (Phi) is 5.66. The largest absolute Gasteiger partial charge is 0.449 e. The molecule has 0 aliphatic heterocycles. The normalized spacial score (nSPS) is 12.3. The predicted octanol–water partition coefficient (Wildman–Crippen LogP) is 4.50. The molecule has 2 aromatic carbocycles. The van der Waals surface area contributed by atoms with Crippen molar-refractivity contribution in [2.75, 3.05) is 5.32 Å². The minimum absolute atomic E-state index is 0.372. The molecule has 0 saturated heterocycles. The number of hydrogen-bond donors (Lipinski definition) is 1. The molecule has 0 fully saturated rings. The van der Waals surface area contributed by atoms with Crippen LogP contribution in [0.15, 0.2) is 48.5 Å². The van der Waals surface area contributed by atoms with Crippen LogP contribution < -0.4 is 5.32 Å². The van der Waals surface area contributed by atoms with Crippen molar-refractivity contribution in [2.45, 2.75) is 26.9 Å². The molecular weight excluding hydrogens is 360 g/mol. The maximum absolute atomic E-state index is 12.3. The topological polar surface area (TPSA) is 68.3 Å². The van der Waals surface area contributed by atoms with E-state index >= 15 is 0 Å². The van der Waals surface area contributed by atoms with Gasteiger partial charge in [0.2, 0.25) is 0 Å². The number of anilines is 1. The third kappa shape index (κ3) is 4.80. The molecular formula is C21H20N2O3S. The Bertz CT molecular complexity index is 990. The second kappa shape index (κ2) is 8.14. The number of ether oxygens (including phenoxy) is 1. The van der Waals surface area contributed by atoms with Gasteiger partial charge in [-0.1, -0.05) is 29.8 Å². The number of thiazole rings is 1. The quantitative estimate of drug-likeness (QED) is 0.523. The van der Waals surface area contributed by atoms with Gasteiger partial charge in [0, 0.05) is 11.8 Å².